The van der Waals surface area contributed by atoms with Crippen molar-refractivity contribution in [2.45, 2.75) is 38.8 Å². The van der Waals surface area contributed by atoms with E-state index < -0.39 is 0 Å². The van der Waals surface area contributed by atoms with Crippen LogP contribution in [-0.2, 0) is 9.53 Å². The summed E-state index contributed by atoms with van der Waals surface area (Å²) in [6, 6.07) is -0.0368. The molecule has 2 N–H and O–H groups in total. The molecule has 4 nitrogen and oxygen atoms in total. The van der Waals surface area contributed by atoms with Gasteiger partial charge in [-0.2, -0.15) is 11.8 Å². The van der Waals surface area contributed by atoms with E-state index in [1.807, 2.05) is 23.6 Å². The van der Waals surface area contributed by atoms with E-state index >= 15 is 0 Å². The molecule has 18 heavy (non-hydrogen) atoms. The Balaban J connectivity index is 2.65. The van der Waals surface area contributed by atoms with Gasteiger partial charge in [0.1, 0.15) is 0 Å². The lowest BCUT2D eigenvalue weighted by atomic mass is 9.98. The second-order valence-electron chi connectivity index (χ2n) is 4.95. The fourth-order valence-electron chi connectivity index (χ4n) is 2.12. The normalized spacial score (nSPS) is 22.8. The van der Waals surface area contributed by atoms with Crippen LogP contribution in [0.3, 0.4) is 0 Å². The van der Waals surface area contributed by atoms with Crippen LogP contribution in [0.2, 0.25) is 0 Å². The summed E-state index contributed by atoms with van der Waals surface area (Å²) in [7, 11) is 1.67. The predicted molar refractivity (Wildman–Crippen MR) is 76.7 cm³/mol. The molecule has 1 fully saturated rings. The fraction of sp³-hybridized carbons (Fsp3) is 0.923. The van der Waals surface area contributed by atoms with Crippen molar-refractivity contribution in [2.24, 2.45) is 11.7 Å². The first-order valence-corrected chi connectivity index (χ1v) is 7.90. The zero-order chi connectivity index (χ0) is 13.5. The summed E-state index contributed by atoms with van der Waals surface area (Å²) in [5.41, 5.74) is 6.07. The van der Waals surface area contributed by atoms with Gasteiger partial charge in [0.2, 0.25) is 5.91 Å². The third-order valence-electron chi connectivity index (χ3n) is 3.71. The predicted octanol–water partition coefficient (Wildman–Crippen LogP) is 1.34. The van der Waals surface area contributed by atoms with Crippen LogP contribution in [0.1, 0.15) is 26.7 Å². The average Bonchev–Trinajstić information content (AvgIpc) is 2.91. The van der Waals surface area contributed by atoms with Gasteiger partial charge in [-0.1, -0.05) is 20.3 Å². The highest BCUT2D eigenvalue weighted by atomic mass is 32.2. The molecule has 0 radical (unpaired) electrons. The van der Waals surface area contributed by atoms with Crippen molar-refractivity contribution in [3.05, 3.63) is 0 Å². The van der Waals surface area contributed by atoms with E-state index in [2.05, 4.69) is 6.92 Å². The van der Waals surface area contributed by atoms with E-state index in [4.69, 9.17) is 10.5 Å². The Bertz CT molecular complexity index is 257. The highest BCUT2D eigenvalue weighted by Gasteiger charge is 2.31. The van der Waals surface area contributed by atoms with E-state index in [0.717, 1.165) is 24.3 Å². The van der Waals surface area contributed by atoms with Crippen molar-refractivity contribution < 1.29 is 9.53 Å². The molecular weight excluding hydrogens is 248 g/mol. The number of hydrogen-bond donors (Lipinski definition) is 1. The molecule has 3 atom stereocenters. The average molecular weight is 274 g/mol. The number of nitrogens with two attached hydrogens (primary N) is 1. The molecule has 1 rings (SSSR count). The number of hydrogen-bond acceptors (Lipinski definition) is 4. The SMILES string of the molecule is CCC(C)[C@H](N)C(=O)N(CCOC)C1CCSC1. The summed E-state index contributed by atoms with van der Waals surface area (Å²) in [5, 5.41) is 0. The Morgan fingerprint density at radius 3 is 2.83 bits per heavy atom. The first-order valence-electron chi connectivity index (χ1n) is 6.74. The summed E-state index contributed by atoms with van der Waals surface area (Å²) in [5.74, 6) is 2.49. The molecule has 0 spiro atoms. The second kappa shape index (κ2) is 8.02. The number of nitrogens with zero attached hydrogens (tertiary/aromatic N) is 1. The molecule has 5 heteroatoms. The monoisotopic (exact) mass is 274 g/mol. The van der Waals surface area contributed by atoms with Gasteiger partial charge in [0, 0.05) is 25.4 Å². The Morgan fingerprint density at radius 1 is 1.61 bits per heavy atom. The maximum Gasteiger partial charge on any atom is 0.240 e. The molecule has 106 valence electrons. The van der Waals surface area contributed by atoms with Crippen molar-refractivity contribution in [3.8, 4) is 0 Å². The number of ether oxygens (including phenoxy) is 1. The van der Waals surface area contributed by atoms with E-state index in [0.29, 0.717) is 19.2 Å². The second-order valence-corrected chi connectivity index (χ2v) is 6.10. The highest BCUT2D eigenvalue weighted by Crippen LogP contribution is 2.23. The Kier molecular flexibility index (Phi) is 7.04. The first kappa shape index (κ1) is 15.8. The zero-order valence-electron chi connectivity index (χ0n) is 11.7. The lowest BCUT2D eigenvalue weighted by molar-refractivity contribution is -0.136. The summed E-state index contributed by atoms with van der Waals surface area (Å²) in [6.07, 6.45) is 2.01. The minimum absolute atomic E-state index is 0.0916. The quantitative estimate of drug-likeness (QED) is 0.761. The van der Waals surface area contributed by atoms with Crippen LogP contribution in [0.15, 0.2) is 0 Å². The molecule has 0 aliphatic carbocycles. The number of rotatable bonds is 7. The standard InChI is InChI=1S/C13H26N2O2S/c1-4-10(2)12(14)13(16)15(6-7-17-3)11-5-8-18-9-11/h10-12H,4-9,14H2,1-3H3/t10?,11?,12-/m0/s1. The lowest BCUT2D eigenvalue weighted by Gasteiger charge is -2.32. The summed E-state index contributed by atoms with van der Waals surface area (Å²) < 4.78 is 5.11. The molecular formula is C13H26N2O2S. The van der Waals surface area contributed by atoms with Crippen molar-refractivity contribution in [2.75, 3.05) is 31.8 Å². The van der Waals surface area contributed by atoms with Crippen LogP contribution in [0.4, 0.5) is 0 Å². The Morgan fingerprint density at radius 2 is 2.33 bits per heavy atom. The first-order chi connectivity index (χ1) is 8.61. The van der Waals surface area contributed by atoms with Crippen LogP contribution in [-0.4, -0.2) is 54.7 Å². The Hall–Kier alpha value is -0.260. The van der Waals surface area contributed by atoms with E-state index in [-0.39, 0.29) is 17.9 Å². The summed E-state index contributed by atoms with van der Waals surface area (Å²) >= 11 is 1.91. The zero-order valence-corrected chi connectivity index (χ0v) is 12.5. The van der Waals surface area contributed by atoms with E-state index in [1.54, 1.807) is 7.11 Å². The third kappa shape index (κ3) is 4.14. The molecule has 0 aromatic heterocycles. The fourth-order valence-corrected chi connectivity index (χ4v) is 3.34. The van der Waals surface area contributed by atoms with Crippen LogP contribution in [0.25, 0.3) is 0 Å². The van der Waals surface area contributed by atoms with Crippen molar-refractivity contribution in [3.63, 3.8) is 0 Å². The highest BCUT2D eigenvalue weighted by molar-refractivity contribution is 7.99. The maximum absolute atomic E-state index is 12.5. The Labute approximate surface area is 115 Å². The van der Waals surface area contributed by atoms with Gasteiger partial charge >= 0.3 is 0 Å². The number of carbonyl (C=O) groups excluding carboxylic acids is 1. The van der Waals surface area contributed by atoms with Crippen molar-refractivity contribution in [1.82, 2.24) is 4.90 Å². The summed E-state index contributed by atoms with van der Waals surface area (Å²) in [6.45, 7) is 5.36. The number of amides is 1. The van der Waals surface area contributed by atoms with Gasteiger partial charge in [0.15, 0.2) is 0 Å². The molecule has 1 amide bonds. The van der Waals surface area contributed by atoms with Crippen LogP contribution < -0.4 is 5.73 Å². The summed E-state index contributed by atoms with van der Waals surface area (Å²) in [4.78, 5) is 14.4. The largest absolute Gasteiger partial charge is 0.383 e. The van der Waals surface area contributed by atoms with Gasteiger partial charge in [-0.3, -0.25) is 4.79 Å². The van der Waals surface area contributed by atoms with Gasteiger partial charge in [-0.05, 0) is 18.1 Å². The lowest BCUT2D eigenvalue weighted by Crippen LogP contribution is -2.52. The number of thioether (sulfide) groups is 1. The van der Waals surface area contributed by atoms with Gasteiger partial charge in [-0.25, -0.2) is 0 Å². The molecule has 1 aliphatic rings. The minimum Gasteiger partial charge on any atom is -0.383 e. The third-order valence-corrected chi connectivity index (χ3v) is 4.85. The molecule has 0 bridgehead atoms. The van der Waals surface area contributed by atoms with Gasteiger partial charge in [-0.15, -0.1) is 0 Å². The van der Waals surface area contributed by atoms with Gasteiger partial charge < -0.3 is 15.4 Å². The van der Waals surface area contributed by atoms with Crippen LogP contribution in [0.5, 0.6) is 0 Å². The molecule has 1 saturated heterocycles. The number of carbonyl (C=O) groups is 1. The smallest absolute Gasteiger partial charge is 0.240 e. The van der Waals surface area contributed by atoms with E-state index in [1.165, 1.54) is 0 Å². The van der Waals surface area contributed by atoms with E-state index in [9.17, 15) is 4.79 Å². The molecule has 0 saturated carbocycles. The van der Waals surface area contributed by atoms with Crippen LogP contribution >= 0.6 is 11.8 Å². The molecule has 0 aromatic carbocycles. The van der Waals surface area contributed by atoms with Gasteiger partial charge in [0.25, 0.3) is 0 Å². The van der Waals surface area contributed by atoms with Crippen molar-refractivity contribution in [1.29, 1.82) is 0 Å². The minimum atomic E-state index is -0.377. The van der Waals surface area contributed by atoms with Crippen LogP contribution in [0, 0.1) is 5.92 Å². The maximum atomic E-state index is 12.5. The molecule has 1 aliphatic heterocycles. The molecule has 0 aromatic rings. The van der Waals surface area contributed by atoms with Gasteiger partial charge in [0.05, 0.1) is 12.6 Å². The van der Waals surface area contributed by atoms with Crippen molar-refractivity contribution >= 4 is 17.7 Å². The number of methoxy groups -OCH3 is 1. The molecule has 2 unspecified atom stereocenters. The topological polar surface area (TPSA) is 55.6 Å². The molecule has 1 heterocycles.